The third kappa shape index (κ3) is 4.10. The largest absolute Gasteiger partial charge is 0.387 e. The molecule has 150 valence electrons. The van der Waals surface area contributed by atoms with Gasteiger partial charge in [-0.05, 0) is 42.0 Å². The zero-order chi connectivity index (χ0) is 21.1. The molecule has 0 unspecified atom stereocenters. The van der Waals surface area contributed by atoms with E-state index in [1.807, 2.05) is 18.2 Å². The summed E-state index contributed by atoms with van der Waals surface area (Å²) < 4.78 is 1.41. The monoisotopic (exact) mass is 419 g/mol. The zero-order valence-electron chi connectivity index (χ0n) is 15.8. The number of nitrogens with zero attached hydrogens (tertiary/aromatic N) is 2. The first-order valence-corrected chi connectivity index (χ1v) is 9.69. The first kappa shape index (κ1) is 19.8. The van der Waals surface area contributed by atoms with Gasteiger partial charge in [0.25, 0.3) is 11.5 Å². The Labute approximate surface area is 177 Å². The van der Waals surface area contributed by atoms with Crippen LogP contribution in [0.15, 0.2) is 83.9 Å². The number of carbonyl (C=O) groups is 1. The number of hydrogen-bond acceptors (Lipinski definition) is 4. The fraction of sp³-hybridized carbons (Fsp3) is 0.0870. The van der Waals surface area contributed by atoms with Crippen molar-refractivity contribution in [3.8, 4) is 5.69 Å². The van der Waals surface area contributed by atoms with E-state index in [1.54, 1.807) is 54.6 Å². The van der Waals surface area contributed by atoms with Gasteiger partial charge in [0, 0.05) is 17.1 Å². The number of benzene rings is 3. The van der Waals surface area contributed by atoms with Gasteiger partial charge >= 0.3 is 0 Å². The van der Waals surface area contributed by atoms with Crippen LogP contribution in [-0.2, 0) is 0 Å². The average molecular weight is 420 g/mol. The lowest BCUT2D eigenvalue weighted by Gasteiger charge is -2.12. The standard InChI is InChI=1S/C23H18ClN3O3/c24-17-7-4-8-18(12-17)27-14-26-20-11-16(9-10-19(20)23(27)30)22(29)25-13-21(28)15-5-2-1-3-6-15/h1-12,14,21,28H,13H2,(H,25,29)/t21-/m0/s1. The molecule has 1 heterocycles. The van der Waals surface area contributed by atoms with Gasteiger partial charge in [-0.1, -0.05) is 48.0 Å². The SMILES string of the molecule is O=C(NC[C@H](O)c1ccccc1)c1ccc2c(=O)n(-c3cccc(Cl)c3)cnc2c1. The van der Waals surface area contributed by atoms with Gasteiger partial charge in [0.05, 0.1) is 22.7 Å². The summed E-state index contributed by atoms with van der Waals surface area (Å²) in [6, 6.07) is 20.7. The van der Waals surface area contributed by atoms with Gasteiger partial charge < -0.3 is 10.4 Å². The maximum absolute atomic E-state index is 12.8. The Balaban J connectivity index is 1.55. The van der Waals surface area contributed by atoms with Crippen LogP contribution in [0.5, 0.6) is 0 Å². The van der Waals surface area contributed by atoms with Crippen molar-refractivity contribution in [2.75, 3.05) is 6.54 Å². The summed E-state index contributed by atoms with van der Waals surface area (Å²) in [5.41, 5.74) is 1.84. The smallest absolute Gasteiger partial charge is 0.265 e. The van der Waals surface area contributed by atoms with Crippen molar-refractivity contribution in [2.45, 2.75) is 6.10 Å². The van der Waals surface area contributed by atoms with Crippen LogP contribution in [-0.4, -0.2) is 27.1 Å². The predicted molar refractivity (Wildman–Crippen MR) is 116 cm³/mol. The quantitative estimate of drug-likeness (QED) is 0.518. The summed E-state index contributed by atoms with van der Waals surface area (Å²) in [5, 5.41) is 13.8. The third-order valence-electron chi connectivity index (χ3n) is 4.75. The summed E-state index contributed by atoms with van der Waals surface area (Å²) in [4.78, 5) is 29.7. The average Bonchev–Trinajstić information content (AvgIpc) is 2.77. The first-order chi connectivity index (χ1) is 14.5. The number of halogens is 1. The number of aliphatic hydroxyl groups is 1. The van der Waals surface area contributed by atoms with Crippen molar-refractivity contribution in [1.29, 1.82) is 0 Å². The van der Waals surface area contributed by atoms with E-state index >= 15 is 0 Å². The highest BCUT2D eigenvalue weighted by atomic mass is 35.5. The van der Waals surface area contributed by atoms with Crippen molar-refractivity contribution >= 4 is 28.4 Å². The lowest BCUT2D eigenvalue weighted by Crippen LogP contribution is -2.28. The molecular weight excluding hydrogens is 402 g/mol. The number of fused-ring (bicyclic) bond motifs is 1. The van der Waals surface area contributed by atoms with E-state index < -0.39 is 6.10 Å². The van der Waals surface area contributed by atoms with Gasteiger partial charge in [0.1, 0.15) is 6.33 Å². The molecule has 1 atom stereocenters. The molecule has 0 fully saturated rings. The highest BCUT2D eigenvalue weighted by Crippen LogP contribution is 2.16. The molecule has 4 rings (SSSR count). The molecule has 2 N–H and O–H groups in total. The van der Waals surface area contributed by atoms with Gasteiger partial charge in [-0.25, -0.2) is 4.98 Å². The summed E-state index contributed by atoms with van der Waals surface area (Å²) in [5.74, 6) is -0.354. The zero-order valence-corrected chi connectivity index (χ0v) is 16.6. The van der Waals surface area contributed by atoms with Crippen LogP contribution in [0.4, 0.5) is 0 Å². The van der Waals surface area contributed by atoms with E-state index in [9.17, 15) is 14.7 Å². The van der Waals surface area contributed by atoms with Crippen LogP contribution in [0.25, 0.3) is 16.6 Å². The fourth-order valence-corrected chi connectivity index (χ4v) is 3.34. The molecule has 0 aliphatic rings. The van der Waals surface area contributed by atoms with Crippen molar-refractivity contribution < 1.29 is 9.90 Å². The van der Waals surface area contributed by atoms with Gasteiger partial charge in [0.2, 0.25) is 0 Å². The molecular formula is C23H18ClN3O3. The minimum Gasteiger partial charge on any atom is -0.387 e. The highest BCUT2D eigenvalue weighted by Gasteiger charge is 2.13. The Morgan fingerprint density at radius 2 is 1.87 bits per heavy atom. The lowest BCUT2D eigenvalue weighted by molar-refractivity contribution is 0.0916. The van der Waals surface area contributed by atoms with Crippen LogP contribution in [0.3, 0.4) is 0 Å². The molecule has 30 heavy (non-hydrogen) atoms. The number of rotatable bonds is 5. The molecule has 0 aliphatic carbocycles. The van der Waals surface area contributed by atoms with E-state index in [0.29, 0.717) is 27.2 Å². The molecule has 1 aromatic heterocycles. The summed E-state index contributed by atoms with van der Waals surface area (Å²) in [7, 11) is 0. The van der Waals surface area contributed by atoms with Crippen LogP contribution >= 0.6 is 11.6 Å². The number of amides is 1. The van der Waals surface area contributed by atoms with Crippen molar-refractivity contribution in [3.05, 3.63) is 106 Å². The first-order valence-electron chi connectivity index (χ1n) is 9.31. The predicted octanol–water partition coefficient (Wildman–Crippen LogP) is 3.50. The van der Waals surface area contributed by atoms with Crippen molar-refractivity contribution in [3.63, 3.8) is 0 Å². The molecule has 7 heteroatoms. The Morgan fingerprint density at radius 1 is 1.07 bits per heavy atom. The highest BCUT2D eigenvalue weighted by molar-refractivity contribution is 6.30. The minimum atomic E-state index is -0.807. The molecule has 4 aromatic rings. The van der Waals surface area contributed by atoms with Gasteiger partial charge in [-0.15, -0.1) is 0 Å². The fourth-order valence-electron chi connectivity index (χ4n) is 3.16. The molecule has 0 saturated carbocycles. The lowest BCUT2D eigenvalue weighted by atomic mass is 10.1. The number of aromatic nitrogens is 2. The van der Waals surface area contributed by atoms with Crippen LogP contribution in [0, 0.1) is 0 Å². The van der Waals surface area contributed by atoms with E-state index in [0.717, 1.165) is 5.56 Å². The number of aliphatic hydroxyl groups excluding tert-OH is 1. The maximum Gasteiger partial charge on any atom is 0.265 e. The molecule has 0 bridgehead atoms. The van der Waals surface area contributed by atoms with Crippen LogP contribution in [0.1, 0.15) is 22.0 Å². The summed E-state index contributed by atoms with van der Waals surface area (Å²) in [6.07, 6.45) is 0.607. The summed E-state index contributed by atoms with van der Waals surface area (Å²) in [6.45, 7) is 0.0741. The molecule has 0 saturated heterocycles. The van der Waals surface area contributed by atoms with Crippen molar-refractivity contribution in [2.24, 2.45) is 0 Å². The van der Waals surface area contributed by atoms with Gasteiger partial charge in [-0.2, -0.15) is 0 Å². The molecule has 0 aliphatic heterocycles. The minimum absolute atomic E-state index is 0.0741. The second kappa shape index (κ2) is 8.49. The van der Waals surface area contributed by atoms with Gasteiger partial charge in [-0.3, -0.25) is 14.2 Å². The molecule has 1 amide bonds. The molecule has 6 nitrogen and oxygen atoms in total. The number of carbonyl (C=O) groups excluding carboxylic acids is 1. The van der Waals surface area contributed by atoms with Crippen LogP contribution in [0.2, 0.25) is 5.02 Å². The second-order valence-corrected chi connectivity index (χ2v) is 7.20. The van der Waals surface area contributed by atoms with E-state index in [4.69, 9.17) is 11.6 Å². The molecule has 0 spiro atoms. The Bertz CT molecular complexity index is 1270. The normalized spacial score (nSPS) is 11.9. The topological polar surface area (TPSA) is 84.2 Å². The Morgan fingerprint density at radius 3 is 2.63 bits per heavy atom. The second-order valence-electron chi connectivity index (χ2n) is 6.77. The van der Waals surface area contributed by atoms with Gasteiger partial charge in [0.15, 0.2) is 0 Å². The Kier molecular flexibility index (Phi) is 5.61. The number of hydrogen-bond donors (Lipinski definition) is 2. The molecule has 3 aromatic carbocycles. The maximum atomic E-state index is 12.8. The van der Waals surface area contributed by atoms with E-state index in [-0.39, 0.29) is 18.0 Å². The number of nitrogens with one attached hydrogen (secondary N) is 1. The summed E-state index contributed by atoms with van der Waals surface area (Å²) >= 11 is 6.01. The Hall–Kier alpha value is -3.48. The van der Waals surface area contributed by atoms with Crippen molar-refractivity contribution in [1.82, 2.24) is 14.9 Å². The van der Waals surface area contributed by atoms with Crippen LogP contribution < -0.4 is 10.9 Å². The molecule has 0 radical (unpaired) electrons. The van der Waals surface area contributed by atoms with E-state index in [1.165, 1.54) is 10.9 Å². The third-order valence-corrected chi connectivity index (χ3v) is 4.98. The van der Waals surface area contributed by atoms with E-state index in [2.05, 4.69) is 10.3 Å².